The molecule has 1 atom stereocenters. The molecule has 21 heavy (non-hydrogen) atoms. The van der Waals surface area contributed by atoms with E-state index in [1.165, 1.54) is 16.3 Å². The summed E-state index contributed by atoms with van der Waals surface area (Å²) in [6.45, 7) is 2.07. The van der Waals surface area contributed by atoms with Crippen LogP contribution in [0.3, 0.4) is 0 Å². The van der Waals surface area contributed by atoms with Gasteiger partial charge >= 0.3 is 5.69 Å². The number of imidazole rings is 1. The van der Waals surface area contributed by atoms with Crippen LogP contribution in [0, 0.1) is 0 Å². The fourth-order valence-corrected chi connectivity index (χ4v) is 3.69. The van der Waals surface area contributed by atoms with Crippen LogP contribution in [-0.2, 0) is 13.5 Å². The average Bonchev–Trinajstić information content (AvgIpc) is 3.12. The molecule has 0 spiro atoms. The fourth-order valence-electron chi connectivity index (χ4n) is 1.98. The highest BCUT2D eigenvalue weighted by Crippen LogP contribution is 2.30. The summed E-state index contributed by atoms with van der Waals surface area (Å²) < 4.78 is 3.54. The largest absolute Gasteiger partial charge is 0.343 e. The van der Waals surface area contributed by atoms with Crippen molar-refractivity contribution >= 4 is 28.1 Å². The molecule has 0 aliphatic rings. The van der Waals surface area contributed by atoms with Gasteiger partial charge in [-0.2, -0.15) is 0 Å². The lowest BCUT2D eigenvalue weighted by Crippen LogP contribution is -2.22. The third-order valence-corrected chi connectivity index (χ3v) is 5.16. The number of fused-ring (bicyclic) bond motifs is 1. The zero-order valence-corrected chi connectivity index (χ0v) is 13.4. The molecular formula is C12H16N6OS2. The molecule has 0 aliphatic heterocycles. The first-order chi connectivity index (χ1) is 10.1. The molecule has 0 aliphatic carbocycles. The lowest BCUT2D eigenvalue weighted by molar-refractivity contribution is 0.627. The Labute approximate surface area is 129 Å². The SMILES string of the molecule is CCC(N)Cc1c(Sc2n[nH]c(=O)n2C)nc2sccn12. The molecule has 9 heteroatoms. The van der Waals surface area contributed by atoms with Crippen LogP contribution in [-0.4, -0.2) is 30.2 Å². The van der Waals surface area contributed by atoms with Crippen molar-refractivity contribution in [3.8, 4) is 0 Å². The van der Waals surface area contributed by atoms with E-state index >= 15 is 0 Å². The van der Waals surface area contributed by atoms with Gasteiger partial charge in [-0.05, 0) is 18.2 Å². The Hall–Kier alpha value is -1.58. The molecule has 0 fully saturated rings. The number of hydrogen-bond donors (Lipinski definition) is 2. The maximum atomic E-state index is 11.4. The summed E-state index contributed by atoms with van der Waals surface area (Å²) in [5.41, 5.74) is 6.94. The molecule has 112 valence electrons. The Morgan fingerprint density at radius 3 is 3.05 bits per heavy atom. The van der Waals surface area contributed by atoms with Crippen LogP contribution in [0.5, 0.6) is 0 Å². The second-order valence-corrected chi connectivity index (χ2v) is 6.59. The highest BCUT2D eigenvalue weighted by atomic mass is 32.2. The number of hydrogen-bond acceptors (Lipinski definition) is 6. The molecule has 3 rings (SSSR count). The van der Waals surface area contributed by atoms with Gasteiger partial charge in [0.15, 0.2) is 10.1 Å². The van der Waals surface area contributed by atoms with Crippen LogP contribution in [0.2, 0.25) is 0 Å². The molecule has 7 nitrogen and oxygen atoms in total. The topological polar surface area (TPSA) is 94.0 Å². The summed E-state index contributed by atoms with van der Waals surface area (Å²) in [5, 5.41) is 9.90. The van der Waals surface area contributed by atoms with Crippen LogP contribution in [0.15, 0.2) is 26.6 Å². The molecule has 0 aromatic carbocycles. The van der Waals surface area contributed by atoms with E-state index < -0.39 is 0 Å². The second kappa shape index (κ2) is 5.66. The standard InChI is InChI=1S/C12H16N6OS2/c1-3-7(13)6-8-9(14-11-18(8)4-5-20-11)21-12-16-15-10(19)17(12)2/h4-5,7H,3,6,13H2,1-2H3,(H,15,19). The lowest BCUT2D eigenvalue weighted by Gasteiger charge is -2.09. The average molecular weight is 324 g/mol. The van der Waals surface area contributed by atoms with Crippen molar-refractivity contribution in [2.75, 3.05) is 0 Å². The Kier molecular flexibility index (Phi) is 3.87. The van der Waals surface area contributed by atoms with E-state index in [9.17, 15) is 4.79 Å². The number of nitrogens with one attached hydrogen (secondary N) is 1. The molecular weight excluding hydrogens is 308 g/mol. The Morgan fingerprint density at radius 2 is 2.38 bits per heavy atom. The number of thiazole rings is 1. The van der Waals surface area contributed by atoms with E-state index in [-0.39, 0.29) is 11.7 Å². The van der Waals surface area contributed by atoms with Crippen LogP contribution in [0.4, 0.5) is 0 Å². The molecule has 3 N–H and O–H groups in total. The van der Waals surface area contributed by atoms with Crippen molar-refractivity contribution in [1.29, 1.82) is 0 Å². The predicted molar refractivity (Wildman–Crippen MR) is 83.0 cm³/mol. The number of rotatable bonds is 5. The van der Waals surface area contributed by atoms with Gasteiger partial charge in [0.2, 0.25) is 0 Å². The van der Waals surface area contributed by atoms with E-state index in [1.54, 1.807) is 18.4 Å². The predicted octanol–water partition coefficient (Wildman–Crippen LogP) is 1.25. The molecule has 3 heterocycles. The highest BCUT2D eigenvalue weighted by Gasteiger charge is 2.18. The number of H-pyrrole nitrogens is 1. The summed E-state index contributed by atoms with van der Waals surface area (Å²) in [6.07, 6.45) is 3.65. The Bertz CT molecular complexity index is 813. The first-order valence-electron chi connectivity index (χ1n) is 6.59. The summed E-state index contributed by atoms with van der Waals surface area (Å²) in [7, 11) is 1.68. The summed E-state index contributed by atoms with van der Waals surface area (Å²) in [5.74, 6) is 0. The normalized spacial score (nSPS) is 13.1. The zero-order valence-electron chi connectivity index (χ0n) is 11.7. The van der Waals surface area contributed by atoms with Crippen LogP contribution in [0.1, 0.15) is 19.0 Å². The number of nitrogens with two attached hydrogens (primary N) is 1. The quantitative estimate of drug-likeness (QED) is 0.736. The Balaban J connectivity index is 2.00. The third-order valence-electron chi connectivity index (χ3n) is 3.33. The van der Waals surface area contributed by atoms with Gasteiger partial charge in [0.1, 0.15) is 5.03 Å². The minimum atomic E-state index is -0.231. The zero-order chi connectivity index (χ0) is 15.0. The summed E-state index contributed by atoms with van der Waals surface area (Å²) in [6, 6.07) is 0.0900. The van der Waals surface area contributed by atoms with E-state index in [1.807, 2.05) is 11.6 Å². The van der Waals surface area contributed by atoms with Crippen molar-refractivity contribution in [3.63, 3.8) is 0 Å². The molecule has 0 bridgehead atoms. The molecule has 0 radical (unpaired) electrons. The maximum Gasteiger partial charge on any atom is 0.343 e. The minimum Gasteiger partial charge on any atom is -0.327 e. The minimum absolute atomic E-state index is 0.0900. The number of nitrogens with zero attached hydrogens (tertiary/aromatic N) is 4. The van der Waals surface area contributed by atoms with Gasteiger partial charge in [-0.1, -0.05) is 6.92 Å². The molecule has 0 amide bonds. The molecule has 3 aromatic heterocycles. The van der Waals surface area contributed by atoms with Crippen molar-refractivity contribution in [3.05, 3.63) is 27.8 Å². The fraction of sp³-hybridized carbons (Fsp3) is 0.417. The first-order valence-corrected chi connectivity index (χ1v) is 8.29. The van der Waals surface area contributed by atoms with Crippen molar-refractivity contribution in [1.82, 2.24) is 24.1 Å². The van der Waals surface area contributed by atoms with Gasteiger partial charge < -0.3 is 5.73 Å². The molecule has 0 saturated carbocycles. The van der Waals surface area contributed by atoms with Gasteiger partial charge in [0.05, 0.1) is 5.69 Å². The van der Waals surface area contributed by atoms with Crippen LogP contribution >= 0.6 is 23.1 Å². The van der Waals surface area contributed by atoms with Gasteiger partial charge in [-0.25, -0.2) is 14.9 Å². The van der Waals surface area contributed by atoms with E-state index in [0.29, 0.717) is 5.16 Å². The van der Waals surface area contributed by atoms with E-state index in [4.69, 9.17) is 5.73 Å². The smallest absolute Gasteiger partial charge is 0.327 e. The lowest BCUT2D eigenvalue weighted by atomic mass is 10.1. The van der Waals surface area contributed by atoms with Gasteiger partial charge in [-0.15, -0.1) is 16.4 Å². The highest BCUT2D eigenvalue weighted by molar-refractivity contribution is 7.99. The van der Waals surface area contributed by atoms with Crippen molar-refractivity contribution < 1.29 is 0 Å². The van der Waals surface area contributed by atoms with Crippen molar-refractivity contribution in [2.24, 2.45) is 12.8 Å². The van der Waals surface area contributed by atoms with Crippen LogP contribution < -0.4 is 11.4 Å². The van der Waals surface area contributed by atoms with E-state index in [2.05, 4.69) is 26.5 Å². The monoisotopic (exact) mass is 324 g/mol. The first kappa shape index (κ1) is 14.4. The maximum absolute atomic E-state index is 11.4. The van der Waals surface area contributed by atoms with Crippen molar-refractivity contribution in [2.45, 2.75) is 36.0 Å². The summed E-state index contributed by atoms with van der Waals surface area (Å²) >= 11 is 2.96. The number of aromatic nitrogens is 5. The third kappa shape index (κ3) is 2.63. The molecule has 0 saturated heterocycles. The van der Waals surface area contributed by atoms with Gasteiger partial charge in [-0.3, -0.25) is 8.97 Å². The molecule has 1 unspecified atom stereocenters. The van der Waals surface area contributed by atoms with Gasteiger partial charge in [0, 0.05) is 31.1 Å². The van der Waals surface area contributed by atoms with Gasteiger partial charge in [0.25, 0.3) is 0 Å². The molecule has 3 aromatic rings. The van der Waals surface area contributed by atoms with E-state index in [0.717, 1.165) is 28.5 Å². The Morgan fingerprint density at radius 1 is 1.57 bits per heavy atom. The van der Waals surface area contributed by atoms with Crippen LogP contribution in [0.25, 0.3) is 4.96 Å². The summed E-state index contributed by atoms with van der Waals surface area (Å²) in [4.78, 5) is 17.0. The second-order valence-electron chi connectivity index (χ2n) is 4.76. The number of aromatic amines is 1.